The molecule has 0 aliphatic rings. The third-order valence-corrected chi connectivity index (χ3v) is 4.43. The van der Waals surface area contributed by atoms with Gasteiger partial charge in [0, 0.05) is 18.0 Å². The predicted octanol–water partition coefficient (Wildman–Crippen LogP) is 4.14. The molecule has 0 radical (unpaired) electrons. The van der Waals surface area contributed by atoms with E-state index in [-0.39, 0.29) is 5.91 Å². The van der Waals surface area contributed by atoms with Crippen molar-refractivity contribution in [3.63, 3.8) is 0 Å². The van der Waals surface area contributed by atoms with Gasteiger partial charge in [-0.15, -0.1) is 11.8 Å². The van der Waals surface area contributed by atoms with Crippen molar-refractivity contribution in [3.8, 4) is 0 Å². The Kier molecular flexibility index (Phi) is 5.24. The van der Waals surface area contributed by atoms with Gasteiger partial charge in [0.25, 0.3) is 0 Å². The van der Waals surface area contributed by atoms with Crippen LogP contribution in [0.4, 0.5) is 5.69 Å². The Hall–Kier alpha value is -1.74. The lowest BCUT2D eigenvalue weighted by Gasteiger charge is -2.18. The first kappa shape index (κ1) is 14.7. The molecule has 0 N–H and O–H groups in total. The third kappa shape index (κ3) is 3.87. The van der Waals surface area contributed by atoms with Crippen LogP contribution < -0.4 is 4.90 Å². The maximum absolute atomic E-state index is 12.2. The van der Waals surface area contributed by atoms with E-state index in [2.05, 4.69) is 19.1 Å². The van der Waals surface area contributed by atoms with E-state index >= 15 is 0 Å². The number of nitrogens with zero attached hydrogens (tertiary/aromatic N) is 1. The van der Waals surface area contributed by atoms with Crippen LogP contribution in [-0.2, 0) is 4.79 Å². The molecule has 2 rings (SSSR count). The molecular weight excluding hydrogens is 266 g/mol. The molecule has 3 heteroatoms. The van der Waals surface area contributed by atoms with Gasteiger partial charge >= 0.3 is 0 Å². The lowest BCUT2D eigenvalue weighted by molar-refractivity contribution is -0.115. The van der Waals surface area contributed by atoms with Gasteiger partial charge in [-0.1, -0.05) is 48.5 Å². The van der Waals surface area contributed by atoms with Crippen molar-refractivity contribution in [3.05, 3.63) is 66.2 Å². The Bertz CT molecular complexity index is 541. The average Bonchev–Trinajstić information content (AvgIpc) is 2.53. The molecule has 0 saturated carbocycles. The predicted molar refractivity (Wildman–Crippen MR) is 87.2 cm³/mol. The maximum Gasteiger partial charge on any atom is 0.236 e. The zero-order valence-electron chi connectivity index (χ0n) is 11.8. The van der Waals surface area contributed by atoms with Gasteiger partial charge in [-0.3, -0.25) is 4.79 Å². The highest BCUT2D eigenvalue weighted by Gasteiger charge is 2.13. The number of carbonyl (C=O) groups is 1. The van der Waals surface area contributed by atoms with Crippen LogP contribution >= 0.6 is 11.8 Å². The average molecular weight is 285 g/mol. The minimum absolute atomic E-state index is 0.129. The number of hydrogen-bond acceptors (Lipinski definition) is 2. The molecule has 0 spiro atoms. The third-order valence-electron chi connectivity index (χ3n) is 3.24. The summed E-state index contributed by atoms with van der Waals surface area (Å²) in [5.74, 6) is 0.616. The number of anilines is 1. The van der Waals surface area contributed by atoms with Crippen molar-refractivity contribution in [1.82, 2.24) is 0 Å². The summed E-state index contributed by atoms with van der Waals surface area (Å²) in [7, 11) is 1.82. The van der Waals surface area contributed by atoms with Crippen molar-refractivity contribution >= 4 is 23.4 Å². The van der Waals surface area contributed by atoms with E-state index in [9.17, 15) is 4.79 Å². The number of amides is 1. The van der Waals surface area contributed by atoms with Crippen molar-refractivity contribution in [2.45, 2.75) is 12.2 Å². The van der Waals surface area contributed by atoms with Gasteiger partial charge < -0.3 is 4.90 Å². The topological polar surface area (TPSA) is 20.3 Å². The number of hydrogen-bond donors (Lipinski definition) is 0. The molecule has 2 aromatic rings. The Morgan fingerprint density at radius 2 is 1.60 bits per heavy atom. The molecule has 0 heterocycles. The smallest absolute Gasteiger partial charge is 0.236 e. The summed E-state index contributed by atoms with van der Waals surface area (Å²) in [4.78, 5) is 13.9. The van der Waals surface area contributed by atoms with Crippen molar-refractivity contribution in [1.29, 1.82) is 0 Å². The fraction of sp³-hybridized carbons (Fsp3) is 0.235. The van der Waals surface area contributed by atoms with Crippen LogP contribution in [0.2, 0.25) is 0 Å². The number of carbonyl (C=O) groups excluding carboxylic acids is 1. The van der Waals surface area contributed by atoms with Crippen LogP contribution in [0, 0.1) is 0 Å². The van der Waals surface area contributed by atoms with Gasteiger partial charge in [-0.25, -0.2) is 0 Å². The minimum atomic E-state index is 0.129. The summed E-state index contributed by atoms with van der Waals surface area (Å²) in [6, 6.07) is 20.0. The zero-order valence-corrected chi connectivity index (χ0v) is 12.6. The molecular formula is C17H19NOS. The number of rotatable bonds is 5. The first-order chi connectivity index (χ1) is 9.68. The summed E-state index contributed by atoms with van der Waals surface area (Å²) in [6.07, 6.45) is 0. The van der Waals surface area contributed by atoms with Gasteiger partial charge in [0.15, 0.2) is 0 Å². The van der Waals surface area contributed by atoms with Gasteiger partial charge in [-0.2, -0.15) is 0 Å². The molecule has 104 valence electrons. The fourth-order valence-corrected chi connectivity index (χ4v) is 2.84. The SMILES string of the molecule is CC(SCC(=O)N(C)c1ccccc1)c1ccccc1. The molecule has 2 nitrogen and oxygen atoms in total. The summed E-state index contributed by atoms with van der Waals surface area (Å²) in [5.41, 5.74) is 2.19. The summed E-state index contributed by atoms with van der Waals surface area (Å²) < 4.78 is 0. The largest absolute Gasteiger partial charge is 0.315 e. The molecule has 0 aliphatic carbocycles. The maximum atomic E-state index is 12.2. The van der Waals surface area contributed by atoms with Crippen LogP contribution in [0.25, 0.3) is 0 Å². The van der Waals surface area contributed by atoms with Crippen LogP contribution in [0.1, 0.15) is 17.7 Å². The lowest BCUT2D eigenvalue weighted by Crippen LogP contribution is -2.28. The Morgan fingerprint density at radius 1 is 1.05 bits per heavy atom. The van der Waals surface area contributed by atoms with Gasteiger partial charge in [-0.05, 0) is 24.6 Å². The van der Waals surface area contributed by atoms with Crippen molar-refractivity contribution in [2.24, 2.45) is 0 Å². The molecule has 1 amide bonds. The molecule has 1 atom stereocenters. The van der Waals surface area contributed by atoms with Crippen LogP contribution in [0.5, 0.6) is 0 Å². The molecule has 1 unspecified atom stereocenters. The zero-order chi connectivity index (χ0) is 14.4. The Labute approximate surface area is 124 Å². The van der Waals surface area contributed by atoms with E-state index in [1.807, 2.05) is 55.6 Å². The molecule has 20 heavy (non-hydrogen) atoms. The second kappa shape index (κ2) is 7.15. The van der Waals surface area contributed by atoms with Gasteiger partial charge in [0.2, 0.25) is 5.91 Å². The summed E-state index contributed by atoms with van der Waals surface area (Å²) >= 11 is 1.67. The minimum Gasteiger partial charge on any atom is -0.315 e. The highest BCUT2D eigenvalue weighted by Crippen LogP contribution is 2.28. The Morgan fingerprint density at radius 3 is 2.20 bits per heavy atom. The van der Waals surface area contributed by atoms with E-state index in [0.717, 1.165) is 5.69 Å². The van der Waals surface area contributed by atoms with Gasteiger partial charge in [0.05, 0.1) is 5.75 Å². The normalized spacial score (nSPS) is 11.9. The first-order valence-electron chi connectivity index (χ1n) is 6.66. The molecule has 2 aromatic carbocycles. The molecule has 0 fully saturated rings. The highest BCUT2D eigenvalue weighted by molar-refractivity contribution is 8.00. The summed E-state index contributed by atoms with van der Waals surface area (Å²) in [6.45, 7) is 2.13. The Balaban J connectivity index is 1.89. The molecule has 0 saturated heterocycles. The van der Waals surface area contributed by atoms with Crippen LogP contribution in [-0.4, -0.2) is 18.7 Å². The molecule has 0 bridgehead atoms. The van der Waals surface area contributed by atoms with E-state index in [4.69, 9.17) is 0 Å². The summed E-state index contributed by atoms with van der Waals surface area (Å²) in [5, 5.41) is 0.323. The van der Waals surface area contributed by atoms with Gasteiger partial charge in [0.1, 0.15) is 0 Å². The highest BCUT2D eigenvalue weighted by atomic mass is 32.2. The standard InChI is InChI=1S/C17H19NOS/c1-14(15-9-5-3-6-10-15)20-13-17(19)18(2)16-11-7-4-8-12-16/h3-12,14H,13H2,1-2H3. The number of para-hydroxylation sites is 1. The fourth-order valence-electron chi connectivity index (χ4n) is 1.91. The molecule has 0 aliphatic heterocycles. The van der Waals surface area contributed by atoms with E-state index in [1.165, 1.54) is 5.56 Å². The quantitative estimate of drug-likeness (QED) is 0.822. The van der Waals surface area contributed by atoms with Crippen LogP contribution in [0.3, 0.4) is 0 Å². The monoisotopic (exact) mass is 285 g/mol. The van der Waals surface area contributed by atoms with Crippen molar-refractivity contribution in [2.75, 3.05) is 17.7 Å². The second-order valence-corrected chi connectivity index (χ2v) is 5.98. The number of thioether (sulfide) groups is 1. The number of benzene rings is 2. The van der Waals surface area contributed by atoms with Crippen molar-refractivity contribution < 1.29 is 4.79 Å². The lowest BCUT2D eigenvalue weighted by atomic mass is 10.2. The second-order valence-electron chi connectivity index (χ2n) is 4.65. The molecule has 0 aromatic heterocycles. The van der Waals surface area contributed by atoms with Crippen LogP contribution in [0.15, 0.2) is 60.7 Å². The first-order valence-corrected chi connectivity index (χ1v) is 7.71. The van der Waals surface area contributed by atoms with E-state index < -0.39 is 0 Å². The van der Waals surface area contributed by atoms with E-state index in [0.29, 0.717) is 11.0 Å². The van der Waals surface area contributed by atoms with E-state index in [1.54, 1.807) is 16.7 Å².